The normalized spacial score (nSPS) is 27.8. The van der Waals surface area contributed by atoms with E-state index in [0.717, 1.165) is 23.3 Å². The van der Waals surface area contributed by atoms with Gasteiger partial charge in [0.15, 0.2) is 0 Å². The molecule has 2 unspecified atom stereocenters. The topological polar surface area (TPSA) is 43.1 Å². The highest BCUT2D eigenvalue weighted by atomic mass is 32.2. The minimum Gasteiger partial charge on any atom is -0.327 e. The third kappa shape index (κ3) is 1.81. The molecule has 0 fully saturated rings. The van der Waals surface area contributed by atoms with Crippen LogP contribution in [0.25, 0.3) is 0 Å². The number of hydrogen-bond acceptors (Lipinski definition) is 2. The summed E-state index contributed by atoms with van der Waals surface area (Å²) in [7, 11) is -0.833. The summed E-state index contributed by atoms with van der Waals surface area (Å²) >= 11 is 0. The van der Waals surface area contributed by atoms with Gasteiger partial charge in [-0.05, 0) is 24.5 Å². The Labute approximate surface area is 80.6 Å². The molecular formula is C10H13NOS. The lowest BCUT2D eigenvalue weighted by Gasteiger charge is -2.06. The first-order chi connectivity index (χ1) is 6.27. The van der Waals surface area contributed by atoms with Gasteiger partial charge in [-0.2, -0.15) is 0 Å². The molecular weight excluding hydrogens is 182 g/mol. The summed E-state index contributed by atoms with van der Waals surface area (Å²) in [5.41, 5.74) is 7.04. The Hall–Kier alpha value is -0.670. The number of rotatable bonds is 0. The summed E-state index contributed by atoms with van der Waals surface area (Å²) in [4.78, 5) is 0.982. The van der Waals surface area contributed by atoms with E-state index in [0.29, 0.717) is 5.75 Å². The third-order valence-corrected chi connectivity index (χ3v) is 3.87. The van der Waals surface area contributed by atoms with Gasteiger partial charge in [0.1, 0.15) is 0 Å². The van der Waals surface area contributed by atoms with E-state index in [2.05, 4.69) is 0 Å². The number of fused-ring (bicyclic) bond motifs is 1. The first-order valence-corrected chi connectivity index (χ1v) is 5.81. The number of hydrogen-bond donors (Lipinski definition) is 1. The molecule has 1 heterocycles. The molecule has 0 radical (unpaired) electrons. The Morgan fingerprint density at radius 2 is 2.15 bits per heavy atom. The zero-order chi connectivity index (χ0) is 9.26. The zero-order valence-corrected chi connectivity index (χ0v) is 8.22. The van der Waals surface area contributed by atoms with Gasteiger partial charge >= 0.3 is 0 Å². The van der Waals surface area contributed by atoms with Crippen LogP contribution in [0.15, 0.2) is 29.2 Å². The van der Waals surface area contributed by atoms with E-state index in [4.69, 9.17) is 5.73 Å². The summed E-state index contributed by atoms with van der Waals surface area (Å²) in [6, 6.07) is 8.07. The van der Waals surface area contributed by atoms with Gasteiger partial charge in [-0.3, -0.25) is 4.21 Å². The Balaban J connectivity index is 2.43. The summed E-state index contributed by atoms with van der Waals surface area (Å²) in [6.07, 6.45) is 1.73. The van der Waals surface area contributed by atoms with Crippen LogP contribution in [0, 0.1) is 0 Å². The van der Waals surface area contributed by atoms with Crippen LogP contribution in [-0.4, -0.2) is 16.0 Å². The molecule has 0 saturated heterocycles. The monoisotopic (exact) mass is 195 g/mol. The maximum atomic E-state index is 11.7. The van der Waals surface area contributed by atoms with E-state index >= 15 is 0 Å². The van der Waals surface area contributed by atoms with Gasteiger partial charge in [-0.1, -0.05) is 18.2 Å². The number of benzene rings is 1. The standard InChI is InChI=1S/C10H13NOS/c11-9-5-6-13(12)10-4-2-1-3-8(10)7-9/h1-4,9H,5-7,11H2. The second-order valence-electron chi connectivity index (χ2n) is 3.41. The molecule has 1 aromatic rings. The second-order valence-corrected chi connectivity index (χ2v) is 4.95. The summed E-state index contributed by atoms with van der Waals surface area (Å²) < 4.78 is 11.7. The van der Waals surface area contributed by atoms with Crippen molar-refractivity contribution >= 4 is 10.8 Å². The van der Waals surface area contributed by atoms with E-state index in [1.54, 1.807) is 0 Å². The van der Waals surface area contributed by atoms with Crippen LogP contribution in [0.4, 0.5) is 0 Å². The maximum absolute atomic E-state index is 11.7. The molecule has 70 valence electrons. The van der Waals surface area contributed by atoms with Gasteiger partial charge in [0.25, 0.3) is 0 Å². The predicted molar refractivity (Wildman–Crippen MR) is 54.0 cm³/mol. The van der Waals surface area contributed by atoms with E-state index in [-0.39, 0.29) is 6.04 Å². The van der Waals surface area contributed by atoms with Gasteiger partial charge in [0.05, 0.1) is 10.8 Å². The van der Waals surface area contributed by atoms with Crippen molar-refractivity contribution in [1.82, 2.24) is 0 Å². The van der Waals surface area contributed by atoms with Crippen molar-refractivity contribution in [3.05, 3.63) is 29.8 Å². The highest BCUT2D eigenvalue weighted by molar-refractivity contribution is 7.85. The van der Waals surface area contributed by atoms with Crippen molar-refractivity contribution in [3.63, 3.8) is 0 Å². The minimum absolute atomic E-state index is 0.174. The molecule has 1 aliphatic rings. The molecule has 0 bridgehead atoms. The van der Waals surface area contributed by atoms with Gasteiger partial charge < -0.3 is 5.73 Å². The van der Waals surface area contributed by atoms with Crippen LogP contribution in [0.3, 0.4) is 0 Å². The summed E-state index contributed by atoms with van der Waals surface area (Å²) in [5.74, 6) is 0.707. The molecule has 0 saturated carbocycles. The summed E-state index contributed by atoms with van der Waals surface area (Å²) in [6.45, 7) is 0. The summed E-state index contributed by atoms with van der Waals surface area (Å²) in [5, 5.41) is 0. The first kappa shape index (κ1) is 8.91. The van der Waals surface area contributed by atoms with Crippen molar-refractivity contribution in [1.29, 1.82) is 0 Å². The lowest BCUT2D eigenvalue weighted by molar-refractivity contribution is 0.647. The van der Waals surface area contributed by atoms with E-state index in [9.17, 15) is 4.21 Å². The van der Waals surface area contributed by atoms with Crippen LogP contribution in [0.1, 0.15) is 12.0 Å². The van der Waals surface area contributed by atoms with Crippen LogP contribution >= 0.6 is 0 Å². The first-order valence-electron chi connectivity index (χ1n) is 4.49. The molecule has 0 spiro atoms. The largest absolute Gasteiger partial charge is 0.327 e. The van der Waals surface area contributed by atoms with Crippen LogP contribution in [-0.2, 0) is 17.2 Å². The van der Waals surface area contributed by atoms with E-state index < -0.39 is 10.8 Å². The molecule has 2 rings (SSSR count). The lowest BCUT2D eigenvalue weighted by atomic mass is 10.1. The van der Waals surface area contributed by atoms with Gasteiger partial charge in [-0.25, -0.2) is 0 Å². The molecule has 0 aromatic heterocycles. The minimum atomic E-state index is -0.833. The van der Waals surface area contributed by atoms with Gasteiger partial charge in [0, 0.05) is 16.7 Å². The van der Waals surface area contributed by atoms with Crippen LogP contribution < -0.4 is 5.73 Å². The maximum Gasteiger partial charge on any atom is 0.0532 e. The number of nitrogens with two attached hydrogens (primary N) is 1. The van der Waals surface area contributed by atoms with E-state index in [1.165, 1.54) is 0 Å². The molecule has 13 heavy (non-hydrogen) atoms. The third-order valence-electron chi connectivity index (χ3n) is 2.37. The highest BCUT2D eigenvalue weighted by Gasteiger charge is 2.17. The van der Waals surface area contributed by atoms with Crippen molar-refractivity contribution in [2.24, 2.45) is 5.73 Å². The second kappa shape index (κ2) is 3.60. The smallest absolute Gasteiger partial charge is 0.0532 e. The predicted octanol–water partition coefficient (Wildman–Crippen LogP) is 1.07. The molecule has 1 aliphatic heterocycles. The Bertz CT molecular complexity index is 337. The molecule has 3 heteroatoms. The Morgan fingerprint density at radius 1 is 1.38 bits per heavy atom. The fourth-order valence-electron chi connectivity index (χ4n) is 1.65. The highest BCUT2D eigenvalue weighted by Crippen LogP contribution is 2.20. The lowest BCUT2D eigenvalue weighted by Crippen LogP contribution is -2.22. The molecule has 1 aromatic carbocycles. The van der Waals surface area contributed by atoms with Crippen molar-refractivity contribution in [2.45, 2.75) is 23.8 Å². The molecule has 0 aliphatic carbocycles. The van der Waals surface area contributed by atoms with Gasteiger partial charge in [-0.15, -0.1) is 0 Å². The molecule has 2 nitrogen and oxygen atoms in total. The van der Waals surface area contributed by atoms with Crippen molar-refractivity contribution in [2.75, 3.05) is 5.75 Å². The quantitative estimate of drug-likeness (QED) is 0.673. The fraction of sp³-hybridized carbons (Fsp3) is 0.400. The van der Waals surface area contributed by atoms with Crippen LogP contribution in [0.5, 0.6) is 0 Å². The van der Waals surface area contributed by atoms with Crippen molar-refractivity contribution < 1.29 is 4.21 Å². The SMILES string of the molecule is NC1CCS(=O)c2ccccc2C1. The molecule has 2 N–H and O–H groups in total. The van der Waals surface area contributed by atoms with Crippen molar-refractivity contribution in [3.8, 4) is 0 Å². The van der Waals surface area contributed by atoms with Crippen LogP contribution in [0.2, 0.25) is 0 Å². The average Bonchev–Trinajstić information content (AvgIpc) is 2.27. The van der Waals surface area contributed by atoms with E-state index in [1.807, 2.05) is 24.3 Å². The zero-order valence-electron chi connectivity index (χ0n) is 7.40. The molecule has 2 atom stereocenters. The van der Waals surface area contributed by atoms with Gasteiger partial charge in [0.2, 0.25) is 0 Å². The molecule has 0 amide bonds. The average molecular weight is 195 g/mol. The Kier molecular flexibility index (Phi) is 2.47. The Morgan fingerprint density at radius 3 is 3.00 bits per heavy atom. The fourth-order valence-corrected chi connectivity index (χ4v) is 3.06.